The van der Waals surface area contributed by atoms with Crippen molar-refractivity contribution >= 4 is 27.3 Å². The van der Waals surface area contributed by atoms with Gasteiger partial charge < -0.3 is 5.11 Å². The minimum absolute atomic E-state index is 0.0994. The molecule has 100 valence electrons. The van der Waals surface area contributed by atoms with Crippen LogP contribution >= 0.6 is 27.3 Å². The van der Waals surface area contributed by atoms with Crippen molar-refractivity contribution in [3.05, 3.63) is 39.8 Å². The minimum Gasteiger partial charge on any atom is -0.393 e. The molecule has 1 aliphatic rings. The van der Waals surface area contributed by atoms with E-state index in [2.05, 4.69) is 27.4 Å². The Morgan fingerprint density at radius 2 is 1.89 bits per heavy atom. The van der Waals surface area contributed by atoms with Crippen LogP contribution in [0.5, 0.6) is 0 Å². The quantitative estimate of drug-likeness (QED) is 0.869. The number of aromatic nitrogens is 1. The molecule has 0 spiro atoms. The monoisotopic (exact) mass is 337 g/mol. The van der Waals surface area contributed by atoms with E-state index in [4.69, 9.17) is 4.98 Å². The molecule has 1 aromatic carbocycles. The summed E-state index contributed by atoms with van der Waals surface area (Å²) in [4.78, 5) is 4.80. The van der Waals surface area contributed by atoms with Crippen molar-refractivity contribution in [1.29, 1.82) is 0 Å². The zero-order valence-corrected chi connectivity index (χ0v) is 13.0. The molecule has 0 bridgehead atoms. The van der Waals surface area contributed by atoms with Crippen molar-refractivity contribution in [2.24, 2.45) is 0 Å². The molecule has 1 fully saturated rings. The lowest BCUT2D eigenvalue weighted by atomic mass is 9.86. The van der Waals surface area contributed by atoms with E-state index in [-0.39, 0.29) is 6.10 Å². The summed E-state index contributed by atoms with van der Waals surface area (Å²) in [6.45, 7) is 0. The van der Waals surface area contributed by atoms with Gasteiger partial charge >= 0.3 is 0 Å². The molecule has 0 amide bonds. The van der Waals surface area contributed by atoms with Gasteiger partial charge in [-0.05, 0) is 31.7 Å². The first-order valence-corrected chi connectivity index (χ1v) is 8.29. The SMILES string of the molecule is OC1CCC(c2csc(-c3ccccc3Br)n2)CC1. The highest BCUT2D eigenvalue weighted by atomic mass is 79.9. The lowest BCUT2D eigenvalue weighted by Crippen LogP contribution is -2.17. The molecule has 0 unspecified atom stereocenters. The molecular weight excluding hydrogens is 322 g/mol. The number of aliphatic hydroxyl groups is 1. The van der Waals surface area contributed by atoms with Gasteiger partial charge in [0.25, 0.3) is 0 Å². The van der Waals surface area contributed by atoms with E-state index >= 15 is 0 Å². The van der Waals surface area contributed by atoms with Crippen LogP contribution < -0.4 is 0 Å². The average Bonchev–Trinajstić information content (AvgIpc) is 2.89. The third-order valence-electron chi connectivity index (χ3n) is 3.74. The maximum atomic E-state index is 9.57. The van der Waals surface area contributed by atoms with Crippen LogP contribution in [0.4, 0.5) is 0 Å². The van der Waals surface area contributed by atoms with E-state index in [9.17, 15) is 5.11 Å². The van der Waals surface area contributed by atoms with Crippen molar-refractivity contribution in [1.82, 2.24) is 4.98 Å². The fourth-order valence-electron chi connectivity index (χ4n) is 2.60. The Morgan fingerprint density at radius 3 is 2.63 bits per heavy atom. The number of hydrogen-bond acceptors (Lipinski definition) is 3. The Balaban J connectivity index is 1.82. The second kappa shape index (κ2) is 5.73. The third-order valence-corrected chi connectivity index (χ3v) is 5.33. The zero-order chi connectivity index (χ0) is 13.2. The second-order valence-corrected chi connectivity index (χ2v) is 6.78. The van der Waals surface area contributed by atoms with Crippen molar-refractivity contribution < 1.29 is 5.11 Å². The number of rotatable bonds is 2. The van der Waals surface area contributed by atoms with Gasteiger partial charge in [0.1, 0.15) is 5.01 Å². The molecule has 0 atom stereocenters. The summed E-state index contributed by atoms with van der Waals surface area (Å²) in [5, 5.41) is 12.8. The summed E-state index contributed by atoms with van der Waals surface area (Å²) in [5.41, 5.74) is 2.36. The Bertz CT molecular complexity index is 561. The van der Waals surface area contributed by atoms with Crippen LogP contribution in [0.2, 0.25) is 0 Å². The maximum absolute atomic E-state index is 9.57. The van der Waals surface area contributed by atoms with Crippen LogP contribution in [0.3, 0.4) is 0 Å². The summed E-state index contributed by atoms with van der Waals surface area (Å²) in [6, 6.07) is 8.20. The molecule has 0 aliphatic heterocycles. The van der Waals surface area contributed by atoms with E-state index in [0.717, 1.165) is 40.7 Å². The summed E-state index contributed by atoms with van der Waals surface area (Å²) in [5.74, 6) is 0.524. The smallest absolute Gasteiger partial charge is 0.124 e. The lowest BCUT2D eigenvalue weighted by molar-refractivity contribution is 0.122. The topological polar surface area (TPSA) is 33.1 Å². The van der Waals surface area contributed by atoms with Gasteiger partial charge in [-0.15, -0.1) is 11.3 Å². The molecular formula is C15H16BrNOS. The van der Waals surface area contributed by atoms with Gasteiger partial charge in [0, 0.05) is 21.3 Å². The molecule has 0 saturated heterocycles. The first-order chi connectivity index (χ1) is 9.24. The Morgan fingerprint density at radius 1 is 1.16 bits per heavy atom. The Labute approximate surface area is 125 Å². The van der Waals surface area contributed by atoms with Crippen molar-refractivity contribution in [2.75, 3.05) is 0 Å². The second-order valence-electron chi connectivity index (χ2n) is 5.06. The van der Waals surface area contributed by atoms with Crippen LogP contribution in [0.1, 0.15) is 37.3 Å². The molecule has 1 N–H and O–H groups in total. The van der Waals surface area contributed by atoms with E-state index in [1.54, 1.807) is 11.3 Å². The van der Waals surface area contributed by atoms with Crippen LogP contribution in [0.25, 0.3) is 10.6 Å². The van der Waals surface area contributed by atoms with E-state index < -0.39 is 0 Å². The van der Waals surface area contributed by atoms with Gasteiger partial charge in [-0.25, -0.2) is 4.98 Å². The average molecular weight is 338 g/mol. The number of hydrogen-bond donors (Lipinski definition) is 1. The van der Waals surface area contributed by atoms with Gasteiger partial charge in [-0.3, -0.25) is 0 Å². The molecule has 0 radical (unpaired) electrons. The first-order valence-electron chi connectivity index (χ1n) is 6.62. The highest BCUT2D eigenvalue weighted by molar-refractivity contribution is 9.10. The standard InChI is InChI=1S/C15H16BrNOS/c16-13-4-2-1-3-12(13)15-17-14(9-19-15)10-5-7-11(18)8-6-10/h1-4,9-11,18H,5-8H2. The number of nitrogens with zero attached hydrogens (tertiary/aromatic N) is 1. The molecule has 1 heterocycles. The summed E-state index contributed by atoms with van der Waals surface area (Å²) >= 11 is 5.29. The van der Waals surface area contributed by atoms with E-state index in [1.807, 2.05) is 18.2 Å². The summed E-state index contributed by atoms with van der Waals surface area (Å²) in [7, 11) is 0. The van der Waals surface area contributed by atoms with E-state index in [1.165, 1.54) is 5.69 Å². The van der Waals surface area contributed by atoms with Crippen LogP contribution in [-0.2, 0) is 0 Å². The highest BCUT2D eigenvalue weighted by Gasteiger charge is 2.23. The van der Waals surface area contributed by atoms with Crippen LogP contribution in [-0.4, -0.2) is 16.2 Å². The van der Waals surface area contributed by atoms with Gasteiger partial charge in [-0.2, -0.15) is 0 Å². The number of benzene rings is 1. The molecule has 3 rings (SSSR count). The predicted octanol–water partition coefficient (Wildman–Crippen LogP) is 4.59. The zero-order valence-electron chi connectivity index (χ0n) is 10.6. The third kappa shape index (κ3) is 2.91. The molecule has 2 aromatic rings. The number of thiazole rings is 1. The van der Waals surface area contributed by atoms with Crippen molar-refractivity contribution in [3.8, 4) is 10.6 Å². The van der Waals surface area contributed by atoms with Gasteiger partial charge in [-0.1, -0.05) is 34.1 Å². The molecule has 2 nitrogen and oxygen atoms in total. The molecule has 4 heteroatoms. The van der Waals surface area contributed by atoms with E-state index in [0.29, 0.717) is 5.92 Å². The largest absolute Gasteiger partial charge is 0.393 e. The molecule has 1 aliphatic carbocycles. The lowest BCUT2D eigenvalue weighted by Gasteiger charge is -2.23. The number of aliphatic hydroxyl groups excluding tert-OH is 1. The molecule has 1 saturated carbocycles. The van der Waals surface area contributed by atoms with Gasteiger partial charge in [0.05, 0.1) is 11.8 Å². The maximum Gasteiger partial charge on any atom is 0.124 e. The predicted molar refractivity (Wildman–Crippen MR) is 82.5 cm³/mol. The van der Waals surface area contributed by atoms with Crippen molar-refractivity contribution in [3.63, 3.8) is 0 Å². The molecule has 19 heavy (non-hydrogen) atoms. The van der Waals surface area contributed by atoms with Crippen LogP contribution in [0, 0.1) is 0 Å². The van der Waals surface area contributed by atoms with Gasteiger partial charge in [0.15, 0.2) is 0 Å². The Hall–Kier alpha value is -0.710. The van der Waals surface area contributed by atoms with Crippen molar-refractivity contribution in [2.45, 2.75) is 37.7 Å². The normalized spacial score (nSPS) is 23.5. The summed E-state index contributed by atoms with van der Waals surface area (Å²) < 4.78 is 1.09. The minimum atomic E-state index is -0.0994. The highest BCUT2D eigenvalue weighted by Crippen LogP contribution is 2.36. The summed E-state index contributed by atoms with van der Waals surface area (Å²) in [6.07, 6.45) is 3.83. The first kappa shape index (κ1) is 13.3. The fourth-order valence-corrected chi connectivity index (χ4v) is 4.15. The molecule has 1 aromatic heterocycles. The van der Waals surface area contributed by atoms with Gasteiger partial charge in [0.2, 0.25) is 0 Å². The van der Waals surface area contributed by atoms with Crippen LogP contribution in [0.15, 0.2) is 34.1 Å². The Kier molecular flexibility index (Phi) is 4.01. The fraction of sp³-hybridized carbons (Fsp3) is 0.400. The number of halogens is 1.